The predicted molar refractivity (Wildman–Crippen MR) is 110 cm³/mol. The van der Waals surface area contributed by atoms with Crippen LogP contribution in [0.5, 0.6) is 0 Å². The lowest BCUT2D eigenvalue weighted by Gasteiger charge is -2.10. The van der Waals surface area contributed by atoms with E-state index in [1.165, 1.54) is 24.3 Å². The van der Waals surface area contributed by atoms with Gasteiger partial charge >= 0.3 is 0 Å². The van der Waals surface area contributed by atoms with Crippen molar-refractivity contribution in [2.45, 2.75) is 0 Å². The van der Waals surface area contributed by atoms with E-state index in [-0.39, 0.29) is 5.11 Å². The average Bonchev–Trinajstić information content (AvgIpc) is 3.13. The number of nitrogens with one attached hydrogen (secondary N) is 2. The molecule has 0 unspecified atom stereocenters. The van der Waals surface area contributed by atoms with Crippen molar-refractivity contribution in [2.75, 3.05) is 5.32 Å². The normalized spacial score (nSPS) is 10.6. The standard InChI is InChI=1S/C21H14FN3O2S/c22-15-9-5-13(6-10-15)19(26)25-21(28)23-16-11-7-14(8-12-16)20-24-17-3-1-2-4-18(17)27-20/h1-12H,(H2,23,25,26,28). The molecular formula is C21H14FN3O2S. The quantitative estimate of drug-likeness (QED) is 0.493. The van der Waals surface area contributed by atoms with Gasteiger partial charge in [0.15, 0.2) is 10.7 Å². The summed E-state index contributed by atoms with van der Waals surface area (Å²) < 4.78 is 18.7. The van der Waals surface area contributed by atoms with Crippen LogP contribution in [0, 0.1) is 5.82 Å². The largest absolute Gasteiger partial charge is 0.436 e. The second kappa shape index (κ2) is 7.58. The van der Waals surface area contributed by atoms with Gasteiger partial charge in [0.25, 0.3) is 5.91 Å². The van der Waals surface area contributed by atoms with Gasteiger partial charge in [0.1, 0.15) is 11.3 Å². The first-order chi connectivity index (χ1) is 13.6. The predicted octanol–water partition coefficient (Wildman–Crippen LogP) is 4.76. The number of fused-ring (bicyclic) bond motifs is 1. The Kier molecular flexibility index (Phi) is 4.82. The minimum absolute atomic E-state index is 0.143. The van der Waals surface area contributed by atoms with Gasteiger partial charge in [-0.1, -0.05) is 12.1 Å². The number of hydrogen-bond donors (Lipinski definition) is 2. The summed E-state index contributed by atoms with van der Waals surface area (Å²) in [7, 11) is 0. The summed E-state index contributed by atoms with van der Waals surface area (Å²) in [6.07, 6.45) is 0. The maximum Gasteiger partial charge on any atom is 0.257 e. The van der Waals surface area contributed by atoms with Crippen LogP contribution < -0.4 is 10.6 Å². The third-order valence-electron chi connectivity index (χ3n) is 4.02. The number of carbonyl (C=O) groups excluding carboxylic acids is 1. The Bertz CT molecular complexity index is 1120. The SMILES string of the molecule is O=C(NC(=S)Nc1ccc(-c2nc3ccccc3o2)cc1)c1ccc(F)cc1. The summed E-state index contributed by atoms with van der Waals surface area (Å²) in [5.41, 5.74) is 3.36. The van der Waals surface area contributed by atoms with Crippen LogP contribution >= 0.6 is 12.2 Å². The van der Waals surface area contributed by atoms with Crippen LogP contribution in [0.15, 0.2) is 77.2 Å². The van der Waals surface area contributed by atoms with Gasteiger partial charge in [-0.2, -0.15) is 0 Å². The van der Waals surface area contributed by atoms with E-state index in [2.05, 4.69) is 15.6 Å². The monoisotopic (exact) mass is 391 g/mol. The van der Waals surface area contributed by atoms with Crippen LogP contribution in [-0.2, 0) is 0 Å². The zero-order valence-electron chi connectivity index (χ0n) is 14.5. The van der Waals surface area contributed by atoms with Crippen molar-refractivity contribution in [1.82, 2.24) is 10.3 Å². The number of oxazole rings is 1. The van der Waals surface area contributed by atoms with Crippen molar-refractivity contribution < 1.29 is 13.6 Å². The fourth-order valence-electron chi connectivity index (χ4n) is 2.63. The molecule has 0 aliphatic rings. The van der Waals surface area contributed by atoms with Crippen molar-refractivity contribution in [3.63, 3.8) is 0 Å². The van der Waals surface area contributed by atoms with E-state index in [0.717, 1.165) is 16.7 Å². The van der Waals surface area contributed by atoms with Gasteiger partial charge in [0.2, 0.25) is 5.89 Å². The van der Waals surface area contributed by atoms with Crippen LogP contribution in [0.2, 0.25) is 0 Å². The third kappa shape index (κ3) is 3.89. The highest BCUT2D eigenvalue weighted by Crippen LogP contribution is 2.25. The summed E-state index contributed by atoms with van der Waals surface area (Å²) in [5.74, 6) is -0.295. The van der Waals surface area contributed by atoms with Gasteiger partial charge in [-0.05, 0) is 72.9 Å². The number of hydrogen-bond acceptors (Lipinski definition) is 4. The molecule has 1 heterocycles. The zero-order valence-corrected chi connectivity index (χ0v) is 15.3. The van der Waals surface area contributed by atoms with Gasteiger partial charge in [-0.3, -0.25) is 10.1 Å². The summed E-state index contributed by atoms with van der Waals surface area (Å²) >= 11 is 5.16. The van der Waals surface area contributed by atoms with E-state index in [1.807, 2.05) is 36.4 Å². The van der Waals surface area contributed by atoms with Crippen LogP contribution in [0.3, 0.4) is 0 Å². The number of para-hydroxylation sites is 2. The number of aromatic nitrogens is 1. The van der Waals surface area contributed by atoms with E-state index in [4.69, 9.17) is 16.6 Å². The number of anilines is 1. The number of rotatable bonds is 3. The molecule has 3 aromatic carbocycles. The Hall–Kier alpha value is -3.58. The fraction of sp³-hybridized carbons (Fsp3) is 0. The number of carbonyl (C=O) groups is 1. The Morgan fingerprint density at radius 1 is 0.964 bits per heavy atom. The molecule has 0 bridgehead atoms. The summed E-state index contributed by atoms with van der Waals surface area (Å²) in [6.45, 7) is 0. The van der Waals surface area contributed by atoms with Crippen molar-refractivity contribution in [3.8, 4) is 11.5 Å². The molecule has 7 heteroatoms. The third-order valence-corrected chi connectivity index (χ3v) is 4.22. The number of halogens is 1. The first-order valence-electron chi connectivity index (χ1n) is 8.42. The van der Waals surface area contributed by atoms with Gasteiger partial charge in [0.05, 0.1) is 0 Å². The van der Waals surface area contributed by atoms with Gasteiger partial charge in [-0.15, -0.1) is 0 Å². The number of amides is 1. The van der Waals surface area contributed by atoms with Crippen LogP contribution in [0.1, 0.15) is 10.4 Å². The van der Waals surface area contributed by atoms with Gasteiger partial charge in [-0.25, -0.2) is 9.37 Å². The van der Waals surface area contributed by atoms with Gasteiger partial charge in [0, 0.05) is 16.8 Å². The Morgan fingerprint density at radius 2 is 1.68 bits per heavy atom. The second-order valence-electron chi connectivity index (χ2n) is 5.98. The van der Waals surface area contributed by atoms with E-state index in [1.54, 1.807) is 12.1 Å². The summed E-state index contributed by atoms with van der Waals surface area (Å²) in [4.78, 5) is 16.6. The molecule has 0 fully saturated rings. The number of nitrogens with zero attached hydrogens (tertiary/aromatic N) is 1. The van der Waals surface area contributed by atoms with Gasteiger partial charge < -0.3 is 9.73 Å². The topological polar surface area (TPSA) is 67.2 Å². The Balaban J connectivity index is 1.41. The van der Waals surface area contributed by atoms with Crippen molar-refractivity contribution in [3.05, 3.63) is 84.2 Å². The van der Waals surface area contributed by atoms with Crippen molar-refractivity contribution in [1.29, 1.82) is 0 Å². The molecule has 0 atom stereocenters. The number of thiocarbonyl (C=S) groups is 1. The molecule has 4 rings (SSSR count). The molecule has 28 heavy (non-hydrogen) atoms. The molecule has 0 radical (unpaired) electrons. The van der Waals surface area contributed by atoms with E-state index in [0.29, 0.717) is 17.1 Å². The molecule has 0 saturated heterocycles. The first kappa shape index (κ1) is 17.8. The summed E-state index contributed by atoms with van der Waals surface area (Å²) in [5, 5.41) is 5.63. The van der Waals surface area contributed by atoms with E-state index < -0.39 is 11.7 Å². The fourth-order valence-corrected chi connectivity index (χ4v) is 2.84. The molecule has 0 aliphatic heterocycles. The summed E-state index contributed by atoms with van der Waals surface area (Å²) in [6, 6.07) is 20.1. The molecule has 1 aromatic heterocycles. The minimum atomic E-state index is -0.416. The molecule has 0 aliphatic carbocycles. The lowest BCUT2D eigenvalue weighted by atomic mass is 10.2. The average molecular weight is 391 g/mol. The van der Waals surface area contributed by atoms with E-state index in [9.17, 15) is 9.18 Å². The molecule has 0 saturated carbocycles. The molecule has 0 spiro atoms. The van der Waals surface area contributed by atoms with Crippen molar-refractivity contribution in [2.24, 2.45) is 0 Å². The Labute approximate surface area is 165 Å². The lowest BCUT2D eigenvalue weighted by molar-refractivity contribution is 0.0977. The maximum atomic E-state index is 12.9. The van der Waals surface area contributed by atoms with Crippen LogP contribution in [0.25, 0.3) is 22.6 Å². The van der Waals surface area contributed by atoms with E-state index >= 15 is 0 Å². The minimum Gasteiger partial charge on any atom is -0.436 e. The maximum absolute atomic E-state index is 12.9. The second-order valence-corrected chi connectivity index (χ2v) is 6.39. The molecule has 1 amide bonds. The van der Waals surface area contributed by atoms with Crippen molar-refractivity contribution >= 4 is 40.0 Å². The molecule has 2 N–H and O–H groups in total. The Morgan fingerprint density at radius 3 is 2.39 bits per heavy atom. The molecule has 5 nitrogen and oxygen atoms in total. The number of benzene rings is 3. The first-order valence-corrected chi connectivity index (χ1v) is 8.83. The van der Waals surface area contributed by atoms with Crippen LogP contribution in [-0.4, -0.2) is 16.0 Å². The smallest absolute Gasteiger partial charge is 0.257 e. The lowest BCUT2D eigenvalue weighted by Crippen LogP contribution is -2.34. The molecule has 4 aromatic rings. The molecular weight excluding hydrogens is 377 g/mol. The molecule has 138 valence electrons. The highest BCUT2D eigenvalue weighted by atomic mass is 32.1. The zero-order chi connectivity index (χ0) is 19.5. The highest BCUT2D eigenvalue weighted by Gasteiger charge is 2.10. The highest BCUT2D eigenvalue weighted by molar-refractivity contribution is 7.80. The van der Waals surface area contributed by atoms with Crippen LogP contribution in [0.4, 0.5) is 10.1 Å².